The monoisotopic (exact) mass is 463 g/mol. The van der Waals surface area contributed by atoms with Gasteiger partial charge < -0.3 is 15.6 Å². The number of H-pyrrole nitrogens is 1. The number of fused-ring (bicyclic) bond motifs is 1. The number of amides is 2. The Morgan fingerprint density at radius 1 is 1.06 bits per heavy atom. The van der Waals surface area contributed by atoms with Gasteiger partial charge in [0.25, 0.3) is 5.91 Å². The van der Waals surface area contributed by atoms with Crippen LogP contribution in [-0.2, 0) is 17.8 Å². The van der Waals surface area contributed by atoms with Crippen LogP contribution in [0.25, 0.3) is 10.9 Å². The van der Waals surface area contributed by atoms with Crippen LogP contribution in [0.4, 0.5) is 4.39 Å². The van der Waals surface area contributed by atoms with Gasteiger partial charge in [-0.1, -0.05) is 54.1 Å². The number of nitrogens with one attached hydrogen (secondary N) is 3. The van der Waals surface area contributed by atoms with Gasteiger partial charge in [0.05, 0.1) is 10.6 Å². The van der Waals surface area contributed by atoms with E-state index in [1.807, 2.05) is 30.5 Å². The van der Waals surface area contributed by atoms with E-state index in [1.54, 1.807) is 43.3 Å². The van der Waals surface area contributed by atoms with Gasteiger partial charge >= 0.3 is 0 Å². The predicted octanol–water partition coefficient (Wildman–Crippen LogP) is 4.93. The van der Waals surface area contributed by atoms with Crippen LogP contribution in [0.1, 0.15) is 27.0 Å². The fourth-order valence-electron chi connectivity index (χ4n) is 3.67. The number of aromatic amines is 1. The summed E-state index contributed by atoms with van der Waals surface area (Å²) in [5.41, 5.74) is 3.30. The molecule has 3 aromatic carbocycles. The van der Waals surface area contributed by atoms with Gasteiger partial charge in [-0.15, -0.1) is 0 Å². The molecule has 33 heavy (non-hydrogen) atoms. The van der Waals surface area contributed by atoms with Crippen molar-refractivity contribution < 1.29 is 14.0 Å². The molecule has 4 rings (SSSR count). The van der Waals surface area contributed by atoms with Crippen LogP contribution in [0.2, 0.25) is 5.02 Å². The van der Waals surface area contributed by atoms with Crippen molar-refractivity contribution in [2.75, 3.05) is 0 Å². The lowest BCUT2D eigenvalue weighted by molar-refractivity contribution is -0.123. The van der Waals surface area contributed by atoms with E-state index in [1.165, 1.54) is 6.07 Å². The quantitative estimate of drug-likeness (QED) is 0.363. The highest BCUT2D eigenvalue weighted by Gasteiger charge is 2.24. The molecule has 1 aromatic heterocycles. The van der Waals surface area contributed by atoms with Crippen molar-refractivity contribution in [3.8, 4) is 0 Å². The number of benzene rings is 3. The van der Waals surface area contributed by atoms with Gasteiger partial charge in [0, 0.05) is 30.1 Å². The molecule has 0 bridgehead atoms. The van der Waals surface area contributed by atoms with Gasteiger partial charge in [-0.25, -0.2) is 4.39 Å². The summed E-state index contributed by atoms with van der Waals surface area (Å²) in [5, 5.41) is 6.90. The molecule has 0 saturated carbocycles. The van der Waals surface area contributed by atoms with Crippen molar-refractivity contribution in [3.05, 3.63) is 106 Å². The molecule has 0 aliphatic heterocycles. The van der Waals surface area contributed by atoms with Crippen molar-refractivity contribution in [3.63, 3.8) is 0 Å². The fourth-order valence-corrected chi connectivity index (χ4v) is 3.89. The van der Waals surface area contributed by atoms with Crippen molar-refractivity contribution >= 4 is 34.3 Å². The molecule has 0 saturated heterocycles. The van der Waals surface area contributed by atoms with Gasteiger partial charge in [-0.2, -0.15) is 0 Å². The summed E-state index contributed by atoms with van der Waals surface area (Å²) in [6.45, 7) is 1.82. The lowest BCUT2D eigenvalue weighted by atomic mass is 10.0. The summed E-state index contributed by atoms with van der Waals surface area (Å²) < 4.78 is 13.9. The maximum absolute atomic E-state index is 13.9. The summed E-state index contributed by atoms with van der Waals surface area (Å²) >= 11 is 6.17. The van der Waals surface area contributed by atoms with Crippen LogP contribution in [0.5, 0.6) is 0 Å². The molecule has 0 radical (unpaired) electrons. The normalized spacial score (nSPS) is 11.8. The molecule has 7 heteroatoms. The van der Waals surface area contributed by atoms with Crippen LogP contribution in [-0.4, -0.2) is 22.8 Å². The molecule has 0 fully saturated rings. The van der Waals surface area contributed by atoms with Gasteiger partial charge in [0.1, 0.15) is 11.9 Å². The Labute approximate surface area is 196 Å². The predicted molar refractivity (Wildman–Crippen MR) is 128 cm³/mol. The molecule has 0 spiro atoms. The molecule has 0 aliphatic rings. The molecule has 1 heterocycles. The Kier molecular flexibility index (Phi) is 6.75. The second-order valence-electron chi connectivity index (χ2n) is 7.87. The first-order valence-corrected chi connectivity index (χ1v) is 10.9. The molecule has 1 atom stereocenters. The van der Waals surface area contributed by atoms with Crippen LogP contribution in [0.3, 0.4) is 0 Å². The van der Waals surface area contributed by atoms with Gasteiger partial charge in [0.2, 0.25) is 5.91 Å². The number of para-hydroxylation sites is 1. The maximum Gasteiger partial charge on any atom is 0.253 e. The zero-order valence-corrected chi connectivity index (χ0v) is 18.7. The lowest BCUT2D eigenvalue weighted by Gasteiger charge is -2.19. The summed E-state index contributed by atoms with van der Waals surface area (Å²) in [4.78, 5) is 29.2. The lowest BCUT2D eigenvalue weighted by Crippen LogP contribution is -2.47. The molecule has 3 N–H and O–H groups in total. The van der Waals surface area contributed by atoms with E-state index in [4.69, 9.17) is 11.6 Å². The Bertz CT molecular complexity index is 1320. The van der Waals surface area contributed by atoms with Crippen LogP contribution in [0, 0.1) is 12.7 Å². The Hall–Kier alpha value is -3.64. The number of hydrogen-bond acceptors (Lipinski definition) is 2. The highest BCUT2D eigenvalue weighted by Crippen LogP contribution is 2.20. The molecule has 2 amide bonds. The number of aryl methyl sites for hydroxylation is 1. The van der Waals surface area contributed by atoms with Crippen LogP contribution < -0.4 is 10.6 Å². The minimum absolute atomic E-state index is 0.141. The highest BCUT2D eigenvalue weighted by atomic mass is 35.5. The van der Waals surface area contributed by atoms with Crippen molar-refractivity contribution in [1.29, 1.82) is 0 Å². The van der Waals surface area contributed by atoms with Crippen LogP contribution >= 0.6 is 11.6 Å². The van der Waals surface area contributed by atoms with Crippen LogP contribution in [0.15, 0.2) is 72.9 Å². The third-order valence-electron chi connectivity index (χ3n) is 5.54. The second-order valence-corrected chi connectivity index (χ2v) is 8.28. The summed E-state index contributed by atoms with van der Waals surface area (Å²) in [6.07, 6.45) is 2.11. The fraction of sp³-hybridized carbons (Fsp3) is 0.154. The summed E-state index contributed by atoms with van der Waals surface area (Å²) in [6, 6.07) is 18.4. The first-order valence-electron chi connectivity index (χ1n) is 10.6. The number of aromatic nitrogens is 1. The van der Waals surface area contributed by atoms with E-state index in [2.05, 4.69) is 15.6 Å². The Morgan fingerprint density at radius 2 is 1.82 bits per heavy atom. The molecule has 5 nitrogen and oxygen atoms in total. The SMILES string of the molecule is Cc1ccc(CNC(=O)C(Cc2c[nH]c3ccccc23)NC(=O)c2ccccc2Cl)cc1F. The number of carbonyl (C=O) groups excluding carboxylic acids is 2. The van der Waals surface area contributed by atoms with E-state index in [0.29, 0.717) is 16.1 Å². The average molecular weight is 464 g/mol. The van der Waals surface area contributed by atoms with Gasteiger partial charge in [-0.3, -0.25) is 9.59 Å². The van der Waals surface area contributed by atoms with E-state index in [0.717, 1.165) is 16.5 Å². The molecule has 168 valence electrons. The molecular formula is C26H23ClFN3O2. The number of halogens is 2. The minimum atomic E-state index is -0.858. The maximum atomic E-state index is 13.9. The first-order chi connectivity index (χ1) is 15.9. The van der Waals surface area contributed by atoms with Gasteiger partial charge in [-0.05, 0) is 47.9 Å². The largest absolute Gasteiger partial charge is 0.361 e. The minimum Gasteiger partial charge on any atom is -0.361 e. The van der Waals surface area contributed by atoms with E-state index < -0.39 is 11.9 Å². The highest BCUT2D eigenvalue weighted by molar-refractivity contribution is 6.33. The molecule has 1 unspecified atom stereocenters. The third kappa shape index (κ3) is 5.23. The van der Waals surface area contributed by atoms with Crippen molar-refractivity contribution in [1.82, 2.24) is 15.6 Å². The number of carbonyl (C=O) groups is 2. The molecular weight excluding hydrogens is 441 g/mol. The number of rotatable bonds is 7. The molecule has 0 aliphatic carbocycles. The van der Waals surface area contributed by atoms with Crippen molar-refractivity contribution in [2.45, 2.75) is 25.9 Å². The zero-order chi connectivity index (χ0) is 23.4. The van der Waals surface area contributed by atoms with E-state index in [9.17, 15) is 14.0 Å². The number of hydrogen-bond donors (Lipinski definition) is 3. The smallest absolute Gasteiger partial charge is 0.253 e. The summed E-state index contributed by atoms with van der Waals surface area (Å²) in [5.74, 6) is -1.15. The standard InChI is InChI=1S/C26H23ClFN3O2/c1-16-10-11-17(12-22(16)28)14-30-26(33)24(31-25(32)20-7-2-4-8-21(20)27)13-18-15-29-23-9-5-3-6-19(18)23/h2-12,15,24,29H,13-14H2,1H3,(H,30,33)(H,31,32). The van der Waals surface area contributed by atoms with E-state index in [-0.39, 0.29) is 30.3 Å². The third-order valence-corrected chi connectivity index (χ3v) is 5.87. The Balaban J connectivity index is 1.55. The van der Waals surface area contributed by atoms with E-state index >= 15 is 0 Å². The second kappa shape index (κ2) is 9.88. The summed E-state index contributed by atoms with van der Waals surface area (Å²) in [7, 11) is 0. The van der Waals surface area contributed by atoms with Crippen molar-refractivity contribution in [2.24, 2.45) is 0 Å². The average Bonchev–Trinajstić information content (AvgIpc) is 3.22. The van der Waals surface area contributed by atoms with Gasteiger partial charge in [0.15, 0.2) is 0 Å². The first kappa shape index (κ1) is 22.6. The Morgan fingerprint density at radius 3 is 2.61 bits per heavy atom. The zero-order valence-electron chi connectivity index (χ0n) is 18.0. The molecule has 4 aromatic rings. The topological polar surface area (TPSA) is 74.0 Å².